The summed E-state index contributed by atoms with van der Waals surface area (Å²) in [5, 5.41) is 23.3. The normalized spacial score (nSPS) is 12.7. The van der Waals surface area contributed by atoms with Crippen LogP contribution in [-0.4, -0.2) is 34.9 Å². The van der Waals surface area contributed by atoms with Crippen LogP contribution in [0.3, 0.4) is 0 Å². The summed E-state index contributed by atoms with van der Waals surface area (Å²) < 4.78 is 0. The number of carbonyl (C=O) groups excluding carboxylic acids is 1. The number of hydrogen-bond donors (Lipinski definition) is 3. The van der Waals surface area contributed by atoms with Crippen LogP contribution in [0.15, 0.2) is 0 Å². The van der Waals surface area contributed by atoms with E-state index < -0.39 is 12.1 Å². The van der Waals surface area contributed by atoms with Crippen molar-refractivity contribution in [1.29, 1.82) is 0 Å². The number of rotatable bonds is 52. The van der Waals surface area contributed by atoms with Gasteiger partial charge in [0, 0.05) is 6.42 Å². The van der Waals surface area contributed by atoms with Crippen molar-refractivity contribution in [3.05, 3.63) is 0 Å². The lowest BCUT2D eigenvalue weighted by Gasteiger charge is -2.22. The Kier molecular flexibility index (Phi) is 51.2. The second-order valence-electron chi connectivity index (χ2n) is 19.4. The quantitative estimate of drug-likeness (QED) is 0.0535. The van der Waals surface area contributed by atoms with E-state index in [-0.39, 0.29) is 12.5 Å². The highest BCUT2D eigenvalue weighted by atomic mass is 16.3. The number of carbonyl (C=O) groups is 1. The summed E-state index contributed by atoms with van der Waals surface area (Å²) in [4.78, 5) is 12.5. The molecule has 4 nitrogen and oxygen atoms in total. The van der Waals surface area contributed by atoms with Gasteiger partial charge in [-0.2, -0.15) is 0 Å². The summed E-state index contributed by atoms with van der Waals surface area (Å²) in [5.74, 6) is -0.0225. The second kappa shape index (κ2) is 51.7. The Labute approximate surface area is 372 Å². The van der Waals surface area contributed by atoms with E-state index in [4.69, 9.17) is 0 Å². The molecule has 0 saturated carbocycles. The van der Waals surface area contributed by atoms with Crippen molar-refractivity contribution >= 4 is 5.91 Å². The van der Waals surface area contributed by atoms with E-state index >= 15 is 0 Å². The van der Waals surface area contributed by atoms with E-state index in [1.54, 1.807) is 0 Å². The number of hydrogen-bond acceptors (Lipinski definition) is 3. The monoisotopic (exact) mass is 834 g/mol. The van der Waals surface area contributed by atoms with Crippen LogP contribution in [0, 0.1) is 0 Å². The van der Waals surface area contributed by atoms with Gasteiger partial charge >= 0.3 is 0 Å². The molecule has 0 bridgehead atoms. The largest absolute Gasteiger partial charge is 0.394 e. The zero-order chi connectivity index (χ0) is 42.8. The van der Waals surface area contributed by atoms with Crippen LogP contribution in [0.25, 0.3) is 0 Å². The molecule has 0 fully saturated rings. The highest BCUT2D eigenvalue weighted by molar-refractivity contribution is 5.76. The van der Waals surface area contributed by atoms with Gasteiger partial charge in [0.05, 0.1) is 18.8 Å². The van der Waals surface area contributed by atoms with Gasteiger partial charge in [-0.15, -0.1) is 0 Å². The van der Waals surface area contributed by atoms with Gasteiger partial charge in [-0.05, 0) is 12.8 Å². The summed E-state index contributed by atoms with van der Waals surface area (Å²) in [5.41, 5.74) is 0. The Bertz CT molecular complexity index is 773. The minimum atomic E-state index is -0.655. The van der Waals surface area contributed by atoms with Crippen LogP contribution >= 0.6 is 0 Å². The lowest BCUT2D eigenvalue weighted by atomic mass is 10.0. The van der Waals surface area contributed by atoms with Crippen molar-refractivity contribution in [1.82, 2.24) is 5.32 Å². The van der Waals surface area contributed by atoms with Crippen LogP contribution in [0.4, 0.5) is 0 Å². The van der Waals surface area contributed by atoms with Crippen LogP contribution in [0.1, 0.15) is 328 Å². The molecule has 0 aliphatic carbocycles. The van der Waals surface area contributed by atoms with Crippen LogP contribution in [0.5, 0.6) is 0 Å². The molecule has 0 spiro atoms. The molecule has 0 aliphatic rings. The molecule has 3 N–H and O–H groups in total. The number of amides is 1. The third kappa shape index (κ3) is 48.3. The molecular weight excluding hydrogens is 723 g/mol. The van der Waals surface area contributed by atoms with Crippen LogP contribution in [-0.2, 0) is 4.79 Å². The summed E-state index contributed by atoms with van der Waals surface area (Å²) in [6, 6.07) is -0.531. The molecule has 2 atom stereocenters. The number of aliphatic hydroxyl groups is 2. The zero-order valence-corrected chi connectivity index (χ0v) is 40.8. The van der Waals surface area contributed by atoms with Crippen molar-refractivity contribution in [2.75, 3.05) is 6.61 Å². The molecule has 0 aromatic heterocycles. The first-order valence-corrected chi connectivity index (χ1v) is 27.7. The molecule has 0 rings (SSSR count). The fourth-order valence-electron chi connectivity index (χ4n) is 9.13. The van der Waals surface area contributed by atoms with Gasteiger partial charge in [0.1, 0.15) is 0 Å². The molecular formula is C55H111NO3. The Morgan fingerprint density at radius 2 is 0.542 bits per heavy atom. The topological polar surface area (TPSA) is 69.6 Å². The van der Waals surface area contributed by atoms with E-state index in [2.05, 4.69) is 19.2 Å². The Morgan fingerprint density at radius 3 is 0.763 bits per heavy atom. The molecule has 0 aliphatic heterocycles. The third-order valence-electron chi connectivity index (χ3n) is 13.4. The smallest absolute Gasteiger partial charge is 0.220 e. The van der Waals surface area contributed by atoms with E-state index in [1.165, 1.54) is 276 Å². The average Bonchev–Trinajstić information content (AvgIpc) is 3.24. The maximum Gasteiger partial charge on any atom is 0.220 e. The van der Waals surface area contributed by atoms with Crippen LogP contribution < -0.4 is 5.32 Å². The van der Waals surface area contributed by atoms with Crippen molar-refractivity contribution in [2.45, 2.75) is 341 Å². The SMILES string of the molecule is CCCCCCCCCCCCCCCCCCCCCCCCCCCCCC(O)C(CO)NC(=O)CCCCCCCCCCCCCCCCCCCCCC. The van der Waals surface area contributed by atoms with E-state index in [9.17, 15) is 15.0 Å². The third-order valence-corrected chi connectivity index (χ3v) is 13.4. The molecule has 0 aromatic rings. The van der Waals surface area contributed by atoms with Crippen molar-refractivity contribution in [2.24, 2.45) is 0 Å². The van der Waals surface area contributed by atoms with Gasteiger partial charge in [0.25, 0.3) is 0 Å². The summed E-state index contributed by atoms with van der Waals surface area (Å²) >= 11 is 0. The van der Waals surface area contributed by atoms with Crippen molar-refractivity contribution in [3.63, 3.8) is 0 Å². The first-order chi connectivity index (χ1) is 29.2. The molecule has 4 heteroatoms. The number of aliphatic hydroxyl groups excluding tert-OH is 2. The predicted octanol–water partition coefficient (Wildman–Crippen LogP) is 18.0. The highest BCUT2D eigenvalue weighted by Crippen LogP contribution is 2.18. The lowest BCUT2D eigenvalue weighted by Crippen LogP contribution is -2.45. The molecule has 0 radical (unpaired) electrons. The van der Waals surface area contributed by atoms with E-state index in [0.717, 1.165) is 25.7 Å². The summed E-state index contributed by atoms with van der Waals surface area (Å²) in [6.45, 7) is 4.40. The Morgan fingerprint density at radius 1 is 0.339 bits per heavy atom. The van der Waals surface area contributed by atoms with E-state index in [0.29, 0.717) is 12.8 Å². The zero-order valence-electron chi connectivity index (χ0n) is 40.8. The minimum Gasteiger partial charge on any atom is -0.394 e. The number of nitrogens with one attached hydrogen (secondary N) is 1. The van der Waals surface area contributed by atoms with Crippen LogP contribution in [0.2, 0.25) is 0 Å². The summed E-state index contributed by atoms with van der Waals surface area (Å²) in [7, 11) is 0. The average molecular weight is 834 g/mol. The van der Waals surface area contributed by atoms with Gasteiger partial charge in [-0.1, -0.05) is 309 Å². The fraction of sp³-hybridized carbons (Fsp3) is 0.982. The van der Waals surface area contributed by atoms with Gasteiger partial charge in [0.2, 0.25) is 5.91 Å². The fourth-order valence-corrected chi connectivity index (χ4v) is 9.13. The minimum absolute atomic E-state index is 0.0225. The second-order valence-corrected chi connectivity index (χ2v) is 19.4. The molecule has 354 valence electrons. The standard InChI is InChI=1S/C55H111NO3/c1-3-5-7-9-11-13-15-17-19-21-23-25-26-27-28-29-30-31-32-34-36-38-40-42-44-46-48-50-54(58)53(52-57)56-55(59)51-49-47-45-43-41-39-37-35-33-24-22-20-18-16-14-12-10-8-6-4-2/h53-54,57-58H,3-52H2,1-2H3,(H,56,59). The van der Waals surface area contributed by atoms with Gasteiger partial charge in [-0.25, -0.2) is 0 Å². The Balaban J connectivity index is 3.40. The maximum absolute atomic E-state index is 12.5. The van der Waals surface area contributed by atoms with Crippen molar-refractivity contribution in [3.8, 4) is 0 Å². The number of unbranched alkanes of at least 4 members (excludes halogenated alkanes) is 45. The first-order valence-electron chi connectivity index (χ1n) is 27.7. The molecule has 1 amide bonds. The molecule has 0 aromatic carbocycles. The molecule has 59 heavy (non-hydrogen) atoms. The maximum atomic E-state index is 12.5. The van der Waals surface area contributed by atoms with Gasteiger partial charge < -0.3 is 15.5 Å². The van der Waals surface area contributed by atoms with Gasteiger partial charge in [0.15, 0.2) is 0 Å². The Hall–Kier alpha value is -0.610. The first kappa shape index (κ1) is 58.4. The highest BCUT2D eigenvalue weighted by Gasteiger charge is 2.20. The van der Waals surface area contributed by atoms with Crippen molar-refractivity contribution < 1.29 is 15.0 Å². The molecule has 0 saturated heterocycles. The lowest BCUT2D eigenvalue weighted by molar-refractivity contribution is -0.123. The van der Waals surface area contributed by atoms with Gasteiger partial charge in [-0.3, -0.25) is 4.79 Å². The predicted molar refractivity (Wildman–Crippen MR) is 263 cm³/mol. The van der Waals surface area contributed by atoms with E-state index in [1.807, 2.05) is 0 Å². The summed E-state index contributed by atoms with van der Waals surface area (Å²) in [6.07, 6.45) is 65.2. The molecule has 2 unspecified atom stereocenters. The molecule has 0 heterocycles.